The van der Waals surface area contributed by atoms with Gasteiger partial charge in [0.2, 0.25) is 0 Å². The van der Waals surface area contributed by atoms with Crippen molar-refractivity contribution in [2.24, 2.45) is 0 Å². The van der Waals surface area contributed by atoms with Crippen LogP contribution in [0.3, 0.4) is 0 Å². The van der Waals surface area contributed by atoms with E-state index >= 15 is 0 Å². The highest BCUT2D eigenvalue weighted by Crippen LogP contribution is 2.26. The molecular formula is C19H22O5. The third-order valence-corrected chi connectivity index (χ3v) is 2.96. The number of phenolic OH excluding ortho intramolecular Hbond substituents is 2. The molecule has 0 amide bonds. The molecule has 2 N–H and O–H groups in total. The van der Waals surface area contributed by atoms with Crippen molar-refractivity contribution < 1.29 is 24.5 Å². The maximum absolute atomic E-state index is 11.1. The summed E-state index contributed by atoms with van der Waals surface area (Å²) >= 11 is 0. The van der Waals surface area contributed by atoms with E-state index in [1.165, 1.54) is 19.2 Å². The molecule has 0 bridgehead atoms. The van der Waals surface area contributed by atoms with Gasteiger partial charge in [-0.2, -0.15) is 0 Å². The van der Waals surface area contributed by atoms with E-state index in [1.54, 1.807) is 31.2 Å². The van der Waals surface area contributed by atoms with Gasteiger partial charge >= 0.3 is 5.97 Å². The summed E-state index contributed by atoms with van der Waals surface area (Å²) in [5.74, 6) is 0.142. The summed E-state index contributed by atoms with van der Waals surface area (Å²) in [5, 5.41) is 18.5. The predicted molar refractivity (Wildman–Crippen MR) is 93.4 cm³/mol. The zero-order chi connectivity index (χ0) is 17.9. The van der Waals surface area contributed by atoms with Crippen LogP contribution in [0.25, 0.3) is 6.08 Å². The number of methoxy groups -OCH3 is 1. The average Bonchev–Trinajstić information content (AvgIpc) is 2.58. The summed E-state index contributed by atoms with van der Waals surface area (Å²) < 4.78 is 9.66. The fraction of sp³-hybridized carbons (Fsp3) is 0.211. The van der Waals surface area contributed by atoms with Gasteiger partial charge in [-0.15, -0.1) is 0 Å². The summed E-state index contributed by atoms with van der Waals surface area (Å²) in [7, 11) is 1.54. The van der Waals surface area contributed by atoms with Crippen LogP contribution in [0.15, 0.2) is 48.5 Å². The molecule has 0 aromatic heterocycles. The van der Waals surface area contributed by atoms with E-state index in [4.69, 9.17) is 9.47 Å². The summed E-state index contributed by atoms with van der Waals surface area (Å²) in [4.78, 5) is 11.1. The van der Waals surface area contributed by atoms with Gasteiger partial charge in [0.1, 0.15) is 11.3 Å². The molecule has 0 heterocycles. The number of rotatable bonds is 4. The first-order valence-electron chi connectivity index (χ1n) is 7.48. The number of carbonyl (C=O) groups is 1. The minimum absolute atomic E-state index is 0.0454. The lowest BCUT2D eigenvalue weighted by molar-refractivity contribution is 0.0523. The van der Waals surface area contributed by atoms with Crippen molar-refractivity contribution in [3.05, 3.63) is 59.7 Å². The Bertz CT molecular complexity index is 692. The number of allylic oxidation sites excluding steroid dienone is 1. The normalized spacial score (nSPS) is 9.96. The molecule has 24 heavy (non-hydrogen) atoms. The van der Waals surface area contributed by atoms with Gasteiger partial charge in [-0.05, 0) is 43.7 Å². The van der Waals surface area contributed by atoms with Gasteiger partial charge in [-0.3, -0.25) is 0 Å². The van der Waals surface area contributed by atoms with Crippen LogP contribution >= 0.6 is 0 Å². The molecule has 0 aliphatic rings. The van der Waals surface area contributed by atoms with Gasteiger partial charge in [0.05, 0.1) is 13.7 Å². The number of hydrogen-bond donors (Lipinski definition) is 2. The second-order valence-corrected chi connectivity index (χ2v) is 4.67. The van der Waals surface area contributed by atoms with Crippen molar-refractivity contribution >= 4 is 12.0 Å². The van der Waals surface area contributed by atoms with Gasteiger partial charge in [0.25, 0.3) is 0 Å². The number of benzene rings is 2. The van der Waals surface area contributed by atoms with Crippen molar-refractivity contribution in [1.82, 2.24) is 0 Å². The molecule has 0 saturated heterocycles. The third-order valence-electron chi connectivity index (χ3n) is 2.96. The molecule has 2 rings (SSSR count). The SMILES string of the molecule is CC=Cc1ccc(O)c(OC)c1.CCOC(=O)c1ccccc1O. The lowest BCUT2D eigenvalue weighted by Crippen LogP contribution is -2.04. The average molecular weight is 330 g/mol. The number of para-hydroxylation sites is 1. The van der Waals surface area contributed by atoms with E-state index in [1.807, 2.05) is 25.1 Å². The molecule has 0 fully saturated rings. The van der Waals surface area contributed by atoms with Crippen LogP contribution in [0.1, 0.15) is 29.8 Å². The zero-order valence-electron chi connectivity index (χ0n) is 14.0. The number of aromatic hydroxyl groups is 2. The molecule has 0 radical (unpaired) electrons. The van der Waals surface area contributed by atoms with E-state index in [2.05, 4.69) is 0 Å². The second kappa shape index (κ2) is 9.94. The Morgan fingerprint density at radius 2 is 1.83 bits per heavy atom. The Balaban J connectivity index is 0.000000240. The molecule has 2 aromatic carbocycles. The topological polar surface area (TPSA) is 76.0 Å². The van der Waals surface area contributed by atoms with Gasteiger partial charge in [0.15, 0.2) is 11.5 Å². The fourth-order valence-electron chi connectivity index (χ4n) is 1.85. The van der Waals surface area contributed by atoms with Gasteiger partial charge in [-0.1, -0.05) is 30.4 Å². The molecular weight excluding hydrogens is 308 g/mol. The number of esters is 1. The standard InChI is InChI=1S/C10H12O2.C9H10O3/c1-3-4-8-5-6-9(11)10(7-8)12-2;1-2-12-9(11)7-5-3-4-6-8(7)10/h3-7,11H,1-2H3;3-6,10H,2H2,1H3. The molecule has 5 nitrogen and oxygen atoms in total. The van der Waals surface area contributed by atoms with Crippen LogP contribution in [-0.2, 0) is 4.74 Å². The smallest absolute Gasteiger partial charge is 0.341 e. The largest absolute Gasteiger partial charge is 0.507 e. The molecule has 0 saturated carbocycles. The van der Waals surface area contributed by atoms with Crippen molar-refractivity contribution in [1.29, 1.82) is 0 Å². The molecule has 0 aliphatic carbocycles. The van der Waals surface area contributed by atoms with E-state index in [0.717, 1.165) is 5.56 Å². The van der Waals surface area contributed by atoms with Crippen LogP contribution in [0.2, 0.25) is 0 Å². The Hall–Kier alpha value is -2.95. The highest BCUT2D eigenvalue weighted by Gasteiger charge is 2.09. The summed E-state index contributed by atoms with van der Waals surface area (Å²) in [6, 6.07) is 11.5. The fourth-order valence-corrected chi connectivity index (χ4v) is 1.85. The number of ether oxygens (including phenoxy) is 2. The van der Waals surface area contributed by atoms with E-state index < -0.39 is 5.97 Å². The Morgan fingerprint density at radius 1 is 1.12 bits per heavy atom. The molecule has 0 aliphatic heterocycles. The molecule has 128 valence electrons. The molecule has 0 spiro atoms. The van der Waals surface area contributed by atoms with Crippen LogP contribution in [0.5, 0.6) is 17.2 Å². The predicted octanol–water partition coefficient (Wildman–Crippen LogP) is 4.00. The highest BCUT2D eigenvalue weighted by molar-refractivity contribution is 5.92. The van der Waals surface area contributed by atoms with Crippen molar-refractivity contribution in [2.45, 2.75) is 13.8 Å². The van der Waals surface area contributed by atoms with Crippen LogP contribution < -0.4 is 4.74 Å². The molecule has 2 aromatic rings. The number of hydrogen-bond acceptors (Lipinski definition) is 5. The Kier molecular flexibility index (Phi) is 7.91. The maximum Gasteiger partial charge on any atom is 0.341 e. The van der Waals surface area contributed by atoms with E-state index in [0.29, 0.717) is 12.4 Å². The van der Waals surface area contributed by atoms with E-state index in [-0.39, 0.29) is 17.1 Å². The summed E-state index contributed by atoms with van der Waals surface area (Å²) in [6.07, 6.45) is 3.88. The molecule has 0 unspecified atom stereocenters. The maximum atomic E-state index is 11.1. The first-order chi connectivity index (χ1) is 11.5. The lowest BCUT2D eigenvalue weighted by Gasteiger charge is -2.03. The molecule has 5 heteroatoms. The summed E-state index contributed by atoms with van der Waals surface area (Å²) in [6.45, 7) is 3.98. The van der Waals surface area contributed by atoms with Crippen molar-refractivity contribution in [2.75, 3.05) is 13.7 Å². The van der Waals surface area contributed by atoms with E-state index in [9.17, 15) is 15.0 Å². The van der Waals surface area contributed by atoms with Crippen molar-refractivity contribution in [3.8, 4) is 17.2 Å². The Labute approximate surface area is 141 Å². The quantitative estimate of drug-likeness (QED) is 0.829. The minimum Gasteiger partial charge on any atom is -0.507 e. The van der Waals surface area contributed by atoms with Gasteiger partial charge < -0.3 is 19.7 Å². The lowest BCUT2D eigenvalue weighted by atomic mass is 10.2. The van der Waals surface area contributed by atoms with Gasteiger partial charge in [0, 0.05) is 0 Å². The van der Waals surface area contributed by atoms with Crippen LogP contribution in [0, 0.1) is 0 Å². The molecule has 0 atom stereocenters. The first kappa shape index (κ1) is 19.1. The summed E-state index contributed by atoms with van der Waals surface area (Å²) in [5.41, 5.74) is 1.23. The third kappa shape index (κ3) is 5.68. The van der Waals surface area contributed by atoms with Gasteiger partial charge in [-0.25, -0.2) is 4.79 Å². The second-order valence-electron chi connectivity index (χ2n) is 4.67. The number of phenols is 2. The minimum atomic E-state index is -0.490. The number of carbonyl (C=O) groups excluding carboxylic acids is 1. The highest BCUT2D eigenvalue weighted by atomic mass is 16.5. The first-order valence-corrected chi connectivity index (χ1v) is 7.48. The van der Waals surface area contributed by atoms with Crippen LogP contribution in [0.4, 0.5) is 0 Å². The Morgan fingerprint density at radius 3 is 2.42 bits per heavy atom. The van der Waals surface area contributed by atoms with Crippen molar-refractivity contribution in [3.63, 3.8) is 0 Å². The van der Waals surface area contributed by atoms with Crippen LogP contribution in [-0.4, -0.2) is 29.9 Å². The zero-order valence-corrected chi connectivity index (χ0v) is 14.0. The monoisotopic (exact) mass is 330 g/mol.